The minimum Gasteiger partial charge on any atom is -0.480 e. The molecule has 27 heteroatoms. The van der Waals surface area contributed by atoms with E-state index >= 15 is 0 Å². The third kappa shape index (κ3) is 17.3. The van der Waals surface area contributed by atoms with E-state index in [-0.39, 0.29) is 76.4 Å². The number of aliphatic imine (C=N–C) groups is 1. The quantitative estimate of drug-likeness (QED) is 0.0139. The molecule has 0 unspecified atom stereocenters. The topological polar surface area (TPSA) is 390 Å². The number of amides is 5. The summed E-state index contributed by atoms with van der Waals surface area (Å²) in [4.78, 5) is 108. The van der Waals surface area contributed by atoms with Gasteiger partial charge in [-0.05, 0) is 83.4 Å². The number of aliphatic hydroxyl groups is 1. The maximum absolute atomic E-state index is 14.1. The highest BCUT2D eigenvalue weighted by Crippen LogP contribution is 2.38. The Morgan fingerprint density at radius 2 is 1.61 bits per heavy atom. The number of halogens is 3. The molecule has 1 saturated heterocycles. The predicted molar refractivity (Wildman–Crippen MR) is 248 cm³/mol. The summed E-state index contributed by atoms with van der Waals surface area (Å²) in [7, 11) is 0. The number of nitrogens with zero attached hydrogens (tertiary/aromatic N) is 4. The Morgan fingerprint density at radius 1 is 0.943 bits per heavy atom. The Balaban J connectivity index is 0.00000171. The van der Waals surface area contributed by atoms with Crippen molar-refractivity contribution < 1.29 is 67.0 Å². The largest absolute Gasteiger partial charge is 0.490 e. The van der Waals surface area contributed by atoms with Crippen molar-refractivity contribution in [1.82, 2.24) is 31.2 Å². The monoisotopic (exact) mass is 992 g/mol. The van der Waals surface area contributed by atoms with Gasteiger partial charge in [-0.25, -0.2) is 14.6 Å². The SMILES string of the molecule is Cc1ccc([N+](=O)[O-])c2c(NCCCC(=O)N[C@H](C(=O)N[C@@H](CCCCNCC(N)=O)C(=O)N3CCC[C@H]3C(=O)N[C@@H](CCCN=C(N)N)C(=O)O)[C@@H](C)O)c3ccccc3nc12.O=C(O)C(F)(F)F. The van der Waals surface area contributed by atoms with E-state index in [4.69, 9.17) is 27.1 Å². The van der Waals surface area contributed by atoms with Crippen molar-refractivity contribution in [3.63, 3.8) is 0 Å². The van der Waals surface area contributed by atoms with Gasteiger partial charge < -0.3 is 64.0 Å². The molecule has 0 aliphatic carbocycles. The van der Waals surface area contributed by atoms with E-state index in [0.29, 0.717) is 53.3 Å². The Kier molecular flexibility index (Phi) is 21.9. The summed E-state index contributed by atoms with van der Waals surface area (Å²) in [5.41, 5.74) is 18.1. The summed E-state index contributed by atoms with van der Waals surface area (Å²) >= 11 is 0. The minimum absolute atomic E-state index is 0.0214. The number of nitro groups is 1. The number of carbonyl (C=O) groups is 7. The van der Waals surface area contributed by atoms with E-state index in [1.54, 1.807) is 24.3 Å². The van der Waals surface area contributed by atoms with Gasteiger partial charge in [-0.1, -0.05) is 24.3 Å². The Bertz CT molecular complexity index is 2400. The second-order valence-corrected chi connectivity index (χ2v) is 16.2. The van der Waals surface area contributed by atoms with E-state index in [0.717, 1.165) is 5.56 Å². The number of nitro benzene ring substituents is 1. The number of hydrogen-bond donors (Lipinski definition) is 11. The van der Waals surface area contributed by atoms with E-state index in [2.05, 4.69) is 36.6 Å². The first-order valence-electron chi connectivity index (χ1n) is 22.1. The maximum atomic E-state index is 14.1. The number of rotatable bonds is 25. The fourth-order valence-electron chi connectivity index (χ4n) is 7.42. The molecule has 0 saturated carbocycles. The number of carbonyl (C=O) groups excluding carboxylic acids is 5. The molecular formula is C43H59F3N12O12. The molecule has 2 heterocycles. The van der Waals surface area contributed by atoms with Gasteiger partial charge in [0.1, 0.15) is 29.6 Å². The van der Waals surface area contributed by atoms with Crippen LogP contribution in [0.1, 0.15) is 70.3 Å². The van der Waals surface area contributed by atoms with Crippen LogP contribution in [0.3, 0.4) is 0 Å². The Morgan fingerprint density at radius 3 is 2.23 bits per heavy atom. The van der Waals surface area contributed by atoms with Gasteiger partial charge in [0.05, 0.1) is 34.3 Å². The molecule has 0 radical (unpaired) electrons. The van der Waals surface area contributed by atoms with Gasteiger partial charge in [0, 0.05) is 37.5 Å². The van der Waals surface area contributed by atoms with Crippen molar-refractivity contribution in [3.8, 4) is 0 Å². The first-order valence-corrected chi connectivity index (χ1v) is 22.1. The summed E-state index contributed by atoms with van der Waals surface area (Å²) < 4.78 is 31.7. The number of hydrogen-bond acceptors (Lipinski definition) is 14. The number of aromatic nitrogens is 1. The number of alkyl halides is 3. The molecule has 384 valence electrons. The number of nitrogens with one attached hydrogen (secondary N) is 5. The summed E-state index contributed by atoms with van der Waals surface area (Å²) in [6.07, 6.45) is -4.50. The van der Waals surface area contributed by atoms with Crippen molar-refractivity contribution in [2.24, 2.45) is 22.2 Å². The molecular weight excluding hydrogens is 934 g/mol. The van der Waals surface area contributed by atoms with Gasteiger partial charge in [0.2, 0.25) is 29.5 Å². The zero-order chi connectivity index (χ0) is 52.3. The second kappa shape index (κ2) is 26.9. The minimum atomic E-state index is -5.08. The molecule has 14 N–H and O–H groups in total. The highest BCUT2D eigenvalue weighted by molar-refractivity contribution is 6.12. The number of benzene rings is 2. The molecule has 0 spiro atoms. The summed E-state index contributed by atoms with van der Waals surface area (Å²) in [5, 5.41) is 54.4. The number of aliphatic carboxylic acids is 2. The zero-order valence-corrected chi connectivity index (χ0v) is 38.4. The van der Waals surface area contributed by atoms with Gasteiger partial charge >= 0.3 is 18.1 Å². The highest BCUT2D eigenvalue weighted by Gasteiger charge is 2.40. The van der Waals surface area contributed by atoms with Crippen LogP contribution in [0, 0.1) is 17.0 Å². The lowest BCUT2D eigenvalue weighted by molar-refractivity contribution is -0.383. The number of fused-ring (bicyclic) bond motifs is 2. The molecule has 1 aromatic heterocycles. The number of primary amides is 1. The van der Waals surface area contributed by atoms with Crippen LogP contribution < -0.4 is 43.8 Å². The Labute approximate surface area is 398 Å². The number of aliphatic hydroxyl groups excluding tert-OH is 1. The lowest BCUT2D eigenvalue weighted by Crippen LogP contribution is -2.59. The number of anilines is 1. The molecule has 1 aliphatic heterocycles. The first-order chi connectivity index (χ1) is 32.9. The highest BCUT2D eigenvalue weighted by atomic mass is 19.4. The zero-order valence-electron chi connectivity index (χ0n) is 38.4. The molecule has 5 atom stereocenters. The van der Waals surface area contributed by atoms with Crippen molar-refractivity contribution in [2.75, 3.05) is 38.0 Å². The third-order valence-corrected chi connectivity index (χ3v) is 10.8. The van der Waals surface area contributed by atoms with Gasteiger partial charge in [-0.3, -0.25) is 39.1 Å². The first kappa shape index (κ1) is 56.9. The smallest absolute Gasteiger partial charge is 0.480 e. The van der Waals surface area contributed by atoms with Crippen molar-refractivity contribution in [3.05, 3.63) is 52.1 Å². The standard InChI is InChI=1S/C41H58N12O10.C2HF3O2/c1-23-16-17-29(53(62)63)33-34(23)48-26-11-4-3-10-25(26)36(33)46-19-8-15-32(56)51-35(24(2)54)38(58)49-27(12-5-6-18-45-22-31(42)55)39(59)52-21-9-14-30(52)37(57)50-28(40(60)61)13-7-20-47-41(43)44;3-2(4,5)1(6)7/h3-4,10-11,16-17,24,27-28,30,35,45,54H,5-9,12-15,18-22H2,1-2H3,(H2,42,55)(H,46,48)(H,49,58)(H,50,57)(H,51,56)(H,60,61)(H4,43,44,47);(H,6,7)/t24-,27+,28+,30+,35+;/m1./s1. The van der Waals surface area contributed by atoms with Gasteiger partial charge in [-0.2, -0.15) is 13.2 Å². The fraction of sp³-hybridized carbons (Fsp3) is 0.512. The maximum Gasteiger partial charge on any atom is 0.490 e. The van der Waals surface area contributed by atoms with Gasteiger partial charge in [0.25, 0.3) is 5.69 Å². The van der Waals surface area contributed by atoms with Gasteiger partial charge in [-0.15, -0.1) is 0 Å². The predicted octanol–water partition coefficient (Wildman–Crippen LogP) is 0.640. The number of carboxylic acids is 2. The van der Waals surface area contributed by atoms with Crippen molar-refractivity contribution in [1.29, 1.82) is 0 Å². The summed E-state index contributed by atoms with van der Waals surface area (Å²) in [6, 6.07) is 5.25. The molecule has 2 aromatic carbocycles. The van der Waals surface area contributed by atoms with E-state index in [9.17, 15) is 62.3 Å². The van der Waals surface area contributed by atoms with Crippen LogP contribution in [0.25, 0.3) is 21.8 Å². The molecule has 1 aliphatic rings. The molecule has 1 fully saturated rings. The van der Waals surface area contributed by atoms with Crippen molar-refractivity contribution in [2.45, 2.75) is 108 Å². The van der Waals surface area contributed by atoms with Crippen LogP contribution in [0.15, 0.2) is 41.4 Å². The van der Waals surface area contributed by atoms with Crippen LogP contribution in [0.5, 0.6) is 0 Å². The number of carboxylic acid groups (broad SMARTS) is 2. The normalized spacial score (nSPS) is 15.1. The Hall–Kier alpha value is -7.42. The van der Waals surface area contributed by atoms with E-state index < -0.39 is 82.8 Å². The average molecular weight is 993 g/mol. The van der Waals surface area contributed by atoms with E-state index in [1.807, 2.05) is 13.0 Å². The number of para-hydroxylation sites is 1. The van der Waals surface area contributed by atoms with Crippen LogP contribution in [-0.2, 0) is 33.6 Å². The van der Waals surface area contributed by atoms with Crippen LogP contribution in [0.4, 0.5) is 24.5 Å². The number of likely N-dealkylation sites (tertiary alicyclic amines) is 1. The molecule has 4 rings (SSSR count). The number of pyridine rings is 1. The van der Waals surface area contributed by atoms with Crippen LogP contribution in [-0.4, -0.2) is 147 Å². The number of unbranched alkanes of at least 4 members (excludes halogenated alkanes) is 1. The number of guanidine groups is 1. The fourth-order valence-corrected chi connectivity index (χ4v) is 7.42. The van der Waals surface area contributed by atoms with E-state index in [1.165, 1.54) is 17.9 Å². The second-order valence-electron chi connectivity index (χ2n) is 16.2. The van der Waals surface area contributed by atoms with Crippen LogP contribution in [0.2, 0.25) is 0 Å². The molecule has 0 bridgehead atoms. The molecule has 70 heavy (non-hydrogen) atoms. The number of non-ortho nitro benzene ring substituents is 1. The molecule has 24 nitrogen and oxygen atoms in total. The average Bonchev–Trinajstić information content (AvgIpc) is 3.78. The third-order valence-electron chi connectivity index (χ3n) is 10.8. The number of aryl methyl sites for hydroxylation is 1. The molecule has 5 amide bonds. The summed E-state index contributed by atoms with van der Waals surface area (Å²) in [5.74, 6) is -7.48. The van der Waals surface area contributed by atoms with Crippen molar-refractivity contribution >= 4 is 80.6 Å². The lowest BCUT2D eigenvalue weighted by atomic mass is 10.0. The van der Waals surface area contributed by atoms with Gasteiger partial charge in [0.15, 0.2) is 5.96 Å². The van der Waals surface area contributed by atoms with Crippen LogP contribution >= 0.6 is 0 Å². The lowest BCUT2D eigenvalue weighted by Gasteiger charge is -2.31. The molecule has 3 aromatic rings. The number of nitrogens with two attached hydrogens (primary N) is 3. The summed E-state index contributed by atoms with van der Waals surface area (Å²) in [6.45, 7) is 3.93.